The molecule has 5 heteroatoms. The van der Waals surface area contributed by atoms with Crippen molar-refractivity contribution in [2.45, 2.75) is 57.9 Å². The molecule has 0 spiro atoms. The Morgan fingerprint density at radius 1 is 1.30 bits per heavy atom. The topological polar surface area (TPSA) is 78.4 Å². The molecule has 1 saturated carbocycles. The van der Waals surface area contributed by atoms with E-state index in [1.54, 1.807) is 0 Å². The number of carboxylic acid groups (broad SMARTS) is 1. The largest absolute Gasteiger partial charge is 0.481 e. The van der Waals surface area contributed by atoms with Crippen molar-refractivity contribution in [1.29, 1.82) is 0 Å². The van der Waals surface area contributed by atoms with Crippen molar-refractivity contribution in [1.82, 2.24) is 10.6 Å². The zero-order chi connectivity index (χ0) is 14.6. The molecule has 2 fully saturated rings. The minimum Gasteiger partial charge on any atom is -0.481 e. The predicted octanol–water partition coefficient (Wildman–Crippen LogP) is 1.53. The molecule has 20 heavy (non-hydrogen) atoms. The smallest absolute Gasteiger partial charge is 0.311 e. The van der Waals surface area contributed by atoms with Crippen LogP contribution in [0.4, 0.5) is 0 Å². The minimum absolute atomic E-state index is 0.0244. The van der Waals surface area contributed by atoms with E-state index in [0.717, 1.165) is 32.2 Å². The maximum atomic E-state index is 11.9. The van der Waals surface area contributed by atoms with E-state index in [4.69, 9.17) is 0 Å². The van der Waals surface area contributed by atoms with Crippen LogP contribution in [0.25, 0.3) is 0 Å². The van der Waals surface area contributed by atoms with Gasteiger partial charge in [0.05, 0.1) is 5.41 Å². The molecule has 1 heterocycles. The molecule has 0 aromatic rings. The van der Waals surface area contributed by atoms with Crippen LogP contribution in [-0.2, 0) is 9.59 Å². The van der Waals surface area contributed by atoms with Gasteiger partial charge in [0.15, 0.2) is 0 Å². The molecule has 1 atom stereocenters. The molecule has 0 bridgehead atoms. The fraction of sp³-hybridized carbons (Fsp3) is 0.867. The Morgan fingerprint density at radius 3 is 2.55 bits per heavy atom. The first-order valence-electron chi connectivity index (χ1n) is 7.75. The standard InChI is InChI=1S/C15H26N2O3/c1-11-4-6-15(7-5-11,14(19)20)10-17-13(18)9-12-3-2-8-16-12/h11-12,16H,2-10H2,1H3,(H,17,18)(H,19,20). The Hall–Kier alpha value is -1.10. The highest BCUT2D eigenvalue weighted by Gasteiger charge is 2.41. The molecule has 114 valence electrons. The van der Waals surface area contributed by atoms with Crippen LogP contribution in [0.2, 0.25) is 0 Å². The lowest BCUT2D eigenvalue weighted by Gasteiger charge is -2.35. The third-order valence-corrected chi connectivity index (χ3v) is 4.90. The number of amides is 1. The van der Waals surface area contributed by atoms with Gasteiger partial charge in [0.25, 0.3) is 0 Å². The number of nitrogens with one attached hydrogen (secondary N) is 2. The summed E-state index contributed by atoms with van der Waals surface area (Å²) in [5.41, 5.74) is -0.745. The van der Waals surface area contributed by atoms with E-state index in [0.29, 0.717) is 25.2 Å². The lowest BCUT2D eigenvalue weighted by molar-refractivity contribution is -0.151. The van der Waals surface area contributed by atoms with Crippen molar-refractivity contribution >= 4 is 11.9 Å². The number of rotatable bonds is 5. The molecule has 1 aliphatic heterocycles. The van der Waals surface area contributed by atoms with Crippen LogP contribution in [0.15, 0.2) is 0 Å². The number of hydrogen-bond donors (Lipinski definition) is 3. The molecule has 1 amide bonds. The quantitative estimate of drug-likeness (QED) is 0.714. The van der Waals surface area contributed by atoms with Crippen LogP contribution in [0, 0.1) is 11.3 Å². The van der Waals surface area contributed by atoms with Crippen molar-refractivity contribution in [2.24, 2.45) is 11.3 Å². The third kappa shape index (κ3) is 3.72. The Kier molecular flexibility index (Phi) is 5.02. The summed E-state index contributed by atoms with van der Waals surface area (Å²) in [6.07, 6.45) is 5.84. The first-order valence-corrected chi connectivity index (χ1v) is 7.75. The molecule has 1 saturated heterocycles. The van der Waals surface area contributed by atoms with Gasteiger partial charge in [0.2, 0.25) is 5.91 Å². The van der Waals surface area contributed by atoms with Crippen LogP contribution < -0.4 is 10.6 Å². The van der Waals surface area contributed by atoms with E-state index in [1.165, 1.54) is 0 Å². The number of carbonyl (C=O) groups excluding carboxylic acids is 1. The monoisotopic (exact) mass is 282 g/mol. The predicted molar refractivity (Wildman–Crippen MR) is 76.4 cm³/mol. The summed E-state index contributed by atoms with van der Waals surface area (Å²) in [7, 11) is 0. The summed E-state index contributed by atoms with van der Waals surface area (Å²) in [6.45, 7) is 3.42. The molecule has 3 N–H and O–H groups in total. The zero-order valence-corrected chi connectivity index (χ0v) is 12.3. The first-order chi connectivity index (χ1) is 9.52. The van der Waals surface area contributed by atoms with Gasteiger partial charge in [-0.15, -0.1) is 0 Å². The molecule has 2 aliphatic rings. The molecule has 1 unspecified atom stereocenters. The highest BCUT2D eigenvalue weighted by Crippen LogP contribution is 2.38. The summed E-state index contributed by atoms with van der Waals surface area (Å²) in [5, 5.41) is 15.7. The average molecular weight is 282 g/mol. The number of hydrogen-bond acceptors (Lipinski definition) is 3. The Bertz CT molecular complexity index is 356. The maximum Gasteiger partial charge on any atom is 0.311 e. The fourth-order valence-electron chi connectivity index (χ4n) is 3.28. The van der Waals surface area contributed by atoms with Gasteiger partial charge < -0.3 is 15.7 Å². The van der Waals surface area contributed by atoms with E-state index >= 15 is 0 Å². The second kappa shape index (κ2) is 6.57. The highest BCUT2D eigenvalue weighted by atomic mass is 16.4. The van der Waals surface area contributed by atoms with Crippen LogP contribution in [0.1, 0.15) is 51.9 Å². The Labute approximate surface area is 120 Å². The minimum atomic E-state index is -0.760. The molecular formula is C15H26N2O3. The van der Waals surface area contributed by atoms with Gasteiger partial charge >= 0.3 is 5.97 Å². The van der Waals surface area contributed by atoms with Crippen molar-refractivity contribution in [3.8, 4) is 0 Å². The number of aliphatic carboxylic acids is 1. The van der Waals surface area contributed by atoms with Gasteiger partial charge in [0.1, 0.15) is 0 Å². The number of carbonyl (C=O) groups is 2. The van der Waals surface area contributed by atoms with Crippen molar-refractivity contribution < 1.29 is 14.7 Å². The second-order valence-electron chi connectivity index (χ2n) is 6.54. The van der Waals surface area contributed by atoms with Crippen molar-refractivity contribution in [2.75, 3.05) is 13.1 Å². The van der Waals surface area contributed by atoms with Gasteiger partial charge in [0, 0.05) is 19.0 Å². The van der Waals surface area contributed by atoms with E-state index in [9.17, 15) is 14.7 Å². The lowest BCUT2D eigenvalue weighted by Crippen LogP contribution is -2.46. The summed E-state index contributed by atoms with van der Waals surface area (Å²) >= 11 is 0. The molecular weight excluding hydrogens is 256 g/mol. The molecule has 0 aromatic heterocycles. The average Bonchev–Trinajstić information content (AvgIpc) is 2.91. The van der Waals surface area contributed by atoms with Gasteiger partial charge in [-0.1, -0.05) is 6.92 Å². The first kappa shape index (κ1) is 15.3. The maximum absolute atomic E-state index is 11.9. The number of carboxylic acids is 1. The Morgan fingerprint density at radius 2 is 2.00 bits per heavy atom. The van der Waals surface area contributed by atoms with E-state index in [1.807, 2.05) is 0 Å². The van der Waals surface area contributed by atoms with Crippen molar-refractivity contribution in [3.05, 3.63) is 0 Å². The zero-order valence-electron chi connectivity index (χ0n) is 12.3. The molecule has 0 aromatic carbocycles. The second-order valence-corrected chi connectivity index (χ2v) is 6.54. The third-order valence-electron chi connectivity index (χ3n) is 4.90. The van der Waals surface area contributed by atoms with Gasteiger partial charge in [-0.3, -0.25) is 9.59 Å². The van der Waals surface area contributed by atoms with Gasteiger partial charge in [-0.2, -0.15) is 0 Å². The van der Waals surface area contributed by atoms with Crippen LogP contribution in [0.5, 0.6) is 0 Å². The molecule has 0 radical (unpaired) electrons. The van der Waals surface area contributed by atoms with Gasteiger partial charge in [-0.05, 0) is 51.0 Å². The summed E-state index contributed by atoms with van der Waals surface area (Å²) in [5.74, 6) is -0.187. The summed E-state index contributed by atoms with van der Waals surface area (Å²) < 4.78 is 0. The van der Waals surface area contributed by atoms with Crippen LogP contribution >= 0.6 is 0 Å². The van der Waals surface area contributed by atoms with Gasteiger partial charge in [-0.25, -0.2) is 0 Å². The summed E-state index contributed by atoms with van der Waals surface area (Å²) in [4.78, 5) is 23.5. The Balaban J connectivity index is 1.82. The lowest BCUT2D eigenvalue weighted by atomic mass is 9.71. The summed E-state index contributed by atoms with van der Waals surface area (Å²) in [6, 6.07) is 0.266. The molecule has 1 aliphatic carbocycles. The SMILES string of the molecule is CC1CCC(CNC(=O)CC2CCCN2)(C(=O)O)CC1. The van der Waals surface area contributed by atoms with Crippen LogP contribution in [0.3, 0.4) is 0 Å². The van der Waals surface area contributed by atoms with Crippen LogP contribution in [-0.4, -0.2) is 36.1 Å². The van der Waals surface area contributed by atoms with E-state index in [-0.39, 0.29) is 18.5 Å². The highest BCUT2D eigenvalue weighted by molar-refractivity contribution is 5.79. The van der Waals surface area contributed by atoms with Crippen molar-refractivity contribution in [3.63, 3.8) is 0 Å². The normalized spacial score (nSPS) is 33.9. The molecule has 5 nitrogen and oxygen atoms in total. The molecule has 2 rings (SSSR count). The van der Waals surface area contributed by atoms with E-state index < -0.39 is 11.4 Å². The fourth-order valence-corrected chi connectivity index (χ4v) is 3.28. The van der Waals surface area contributed by atoms with E-state index in [2.05, 4.69) is 17.6 Å².